The highest BCUT2D eigenvalue weighted by molar-refractivity contribution is 5.87. The fourth-order valence-corrected chi connectivity index (χ4v) is 1.92. The van der Waals surface area contributed by atoms with Crippen molar-refractivity contribution < 1.29 is 4.52 Å². The lowest BCUT2D eigenvalue weighted by Crippen LogP contribution is -2.23. The van der Waals surface area contributed by atoms with E-state index in [4.69, 9.17) is 4.52 Å². The molecule has 0 bridgehead atoms. The van der Waals surface area contributed by atoms with Gasteiger partial charge in [0.2, 0.25) is 0 Å². The Balaban J connectivity index is 1.83. The second-order valence-corrected chi connectivity index (χ2v) is 4.33. The van der Waals surface area contributed by atoms with Gasteiger partial charge in [0, 0.05) is 6.04 Å². The van der Waals surface area contributed by atoms with Crippen LogP contribution in [0.5, 0.6) is 0 Å². The van der Waals surface area contributed by atoms with Crippen LogP contribution >= 0.6 is 0 Å². The Morgan fingerprint density at radius 2 is 2.26 bits per heavy atom. The van der Waals surface area contributed by atoms with Gasteiger partial charge in [-0.2, -0.15) is 10.1 Å². The Morgan fingerprint density at radius 3 is 3.05 bits per heavy atom. The summed E-state index contributed by atoms with van der Waals surface area (Å²) in [7, 11) is 0. The highest BCUT2D eigenvalue weighted by Crippen LogP contribution is 2.22. The molecule has 0 aliphatic carbocycles. The zero-order chi connectivity index (χ0) is 13.2. The van der Waals surface area contributed by atoms with E-state index in [-0.39, 0.29) is 6.04 Å². The fourth-order valence-electron chi connectivity index (χ4n) is 1.92. The third kappa shape index (κ3) is 2.24. The molecule has 0 aliphatic heterocycles. The Labute approximate surface area is 108 Å². The van der Waals surface area contributed by atoms with Gasteiger partial charge in [-0.3, -0.25) is 4.68 Å². The first-order chi connectivity index (χ1) is 9.24. The minimum atomic E-state index is 0.133. The van der Waals surface area contributed by atoms with Gasteiger partial charge in [0.05, 0.1) is 12.2 Å². The molecule has 98 valence electrons. The maximum absolute atomic E-state index is 5.11. The van der Waals surface area contributed by atoms with Crippen LogP contribution in [-0.2, 0) is 6.54 Å². The monoisotopic (exact) mass is 259 g/mol. The van der Waals surface area contributed by atoms with Gasteiger partial charge in [0.25, 0.3) is 5.71 Å². The predicted molar refractivity (Wildman–Crippen MR) is 67.4 cm³/mol. The van der Waals surface area contributed by atoms with Crippen molar-refractivity contribution in [1.82, 2.24) is 29.9 Å². The van der Waals surface area contributed by atoms with Crippen LogP contribution < -0.4 is 5.32 Å². The molecular formula is C11H13N7O. The van der Waals surface area contributed by atoms with Gasteiger partial charge in [-0.05, 0) is 13.8 Å². The number of rotatable bonds is 4. The molecule has 1 atom stereocenters. The number of hydrogen-bond acceptors (Lipinski definition) is 7. The average Bonchev–Trinajstić information content (AvgIpc) is 3.00. The van der Waals surface area contributed by atoms with Gasteiger partial charge < -0.3 is 9.84 Å². The Morgan fingerprint density at radius 1 is 1.37 bits per heavy atom. The molecule has 0 radical (unpaired) electrons. The molecule has 8 heteroatoms. The topological polar surface area (TPSA) is 94.6 Å². The molecule has 3 aromatic rings. The van der Waals surface area contributed by atoms with Crippen LogP contribution in [0.25, 0.3) is 11.1 Å². The third-order valence-corrected chi connectivity index (χ3v) is 2.75. The molecule has 0 fully saturated rings. The van der Waals surface area contributed by atoms with E-state index in [1.54, 1.807) is 11.0 Å². The maximum atomic E-state index is 5.11. The Bertz CT molecular complexity index is 675. The largest absolute Gasteiger partial charge is 0.365 e. The molecule has 0 aliphatic rings. The molecule has 3 rings (SSSR count). The first kappa shape index (κ1) is 11.6. The molecule has 19 heavy (non-hydrogen) atoms. The summed E-state index contributed by atoms with van der Waals surface area (Å²) in [5.74, 6) is 0.719. The van der Waals surface area contributed by atoms with Gasteiger partial charge in [-0.15, -0.1) is 0 Å². The molecular weight excluding hydrogens is 246 g/mol. The summed E-state index contributed by atoms with van der Waals surface area (Å²) < 4.78 is 6.87. The summed E-state index contributed by atoms with van der Waals surface area (Å²) in [6, 6.07) is 0.133. The van der Waals surface area contributed by atoms with Crippen LogP contribution in [0.2, 0.25) is 0 Å². The number of hydrogen-bond donors (Lipinski definition) is 1. The van der Waals surface area contributed by atoms with Crippen molar-refractivity contribution in [3.8, 4) is 0 Å². The van der Waals surface area contributed by atoms with E-state index in [1.807, 2.05) is 13.8 Å². The standard InChI is InChI=1S/C11H13N7O/c1-7(3-18-6-12-4-15-18)16-10-9-8(2)17-19-11(9)14-5-13-10/h4-7H,3H2,1-2H3,(H,13,14,16)/t7-/m1/s1. The van der Waals surface area contributed by atoms with Crippen molar-refractivity contribution in [3.63, 3.8) is 0 Å². The molecule has 3 heterocycles. The van der Waals surface area contributed by atoms with Crippen LogP contribution in [0, 0.1) is 6.92 Å². The van der Waals surface area contributed by atoms with Crippen LogP contribution in [-0.4, -0.2) is 35.9 Å². The number of aromatic nitrogens is 6. The molecule has 0 saturated carbocycles. The van der Waals surface area contributed by atoms with Crippen molar-refractivity contribution in [2.45, 2.75) is 26.4 Å². The first-order valence-electron chi connectivity index (χ1n) is 5.90. The van der Waals surface area contributed by atoms with E-state index in [0.717, 1.165) is 16.9 Å². The van der Waals surface area contributed by atoms with E-state index >= 15 is 0 Å². The second-order valence-electron chi connectivity index (χ2n) is 4.33. The van der Waals surface area contributed by atoms with Crippen LogP contribution in [0.3, 0.4) is 0 Å². The van der Waals surface area contributed by atoms with E-state index in [0.29, 0.717) is 12.3 Å². The average molecular weight is 259 g/mol. The molecule has 3 aromatic heterocycles. The van der Waals surface area contributed by atoms with Gasteiger partial charge in [-0.25, -0.2) is 9.97 Å². The Kier molecular flexibility index (Phi) is 2.82. The van der Waals surface area contributed by atoms with Crippen molar-refractivity contribution in [2.75, 3.05) is 5.32 Å². The molecule has 0 saturated heterocycles. The van der Waals surface area contributed by atoms with Crippen molar-refractivity contribution >= 4 is 16.9 Å². The zero-order valence-electron chi connectivity index (χ0n) is 10.6. The number of anilines is 1. The fraction of sp³-hybridized carbons (Fsp3) is 0.364. The van der Waals surface area contributed by atoms with E-state index < -0.39 is 0 Å². The number of fused-ring (bicyclic) bond motifs is 1. The van der Waals surface area contributed by atoms with Crippen molar-refractivity contribution in [3.05, 3.63) is 24.7 Å². The summed E-state index contributed by atoms with van der Waals surface area (Å²) in [5.41, 5.74) is 1.26. The summed E-state index contributed by atoms with van der Waals surface area (Å²) >= 11 is 0. The highest BCUT2D eigenvalue weighted by atomic mass is 16.5. The van der Waals surface area contributed by atoms with E-state index in [1.165, 1.54) is 12.7 Å². The maximum Gasteiger partial charge on any atom is 0.263 e. The third-order valence-electron chi connectivity index (χ3n) is 2.75. The minimum Gasteiger partial charge on any atom is -0.365 e. The van der Waals surface area contributed by atoms with Gasteiger partial charge in [0.1, 0.15) is 30.2 Å². The van der Waals surface area contributed by atoms with Crippen LogP contribution in [0.4, 0.5) is 5.82 Å². The molecule has 8 nitrogen and oxygen atoms in total. The van der Waals surface area contributed by atoms with Crippen molar-refractivity contribution in [2.24, 2.45) is 0 Å². The SMILES string of the molecule is Cc1noc2ncnc(N[C@H](C)Cn3cncn3)c12. The minimum absolute atomic E-state index is 0.133. The van der Waals surface area contributed by atoms with E-state index in [9.17, 15) is 0 Å². The number of nitrogens with one attached hydrogen (secondary N) is 1. The van der Waals surface area contributed by atoms with E-state index in [2.05, 4.69) is 30.5 Å². The molecule has 0 amide bonds. The van der Waals surface area contributed by atoms with Gasteiger partial charge in [-0.1, -0.05) is 5.16 Å². The van der Waals surface area contributed by atoms with Crippen LogP contribution in [0.1, 0.15) is 12.6 Å². The highest BCUT2D eigenvalue weighted by Gasteiger charge is 2.13. The first-order valence-corrected chi connectivity index (χ1v) is 5.90. The van der Waals surface area contributed by atoms with Gasteiger partial charge in [0.15, 0.2) is 0 Å². The molecule has 0 unspecified atom stereocenters. The lowest BCUT2D eigenvalue weighted by molar-refractivity contribution is 0.442. The smallest absolute Gasteiger partial charge is 0.263 e. The summed E-state index contributed by atoms with van der Waals surface area (Å²) in [6.07, 6.45) is 4.65. The second kappa shape index (κ2) is 4.63. The normalized spacial score (nSPS) is 12.7. The lowest BCUT2D eigenvalue weighted by Gasteiger charge is -2.14. The quantitative estimate of drug-likeness (QED) is 0.747. The summed E-state index contributed by atoms with van der Waals surface area (Å²) in [5, 5.41) is 12.1. The van der Waals surface area contributed by atoms with Gasteiger partial charge >= 0.3 is 0 Å². The number of aryl methyl sites for hydroxylation is 1. The molecule has 0 spiro atoms. The molecule has 0 aromatic carbocycles. The lowest BCUT2D eigenvalue weighted by atomic mass is 10.2. The predicted octanol–water partition coefficient (Wildman–Crippen LogP) is 1.02. The molecule has 1 N–H and O–H groups in total. The van der Waals surface area contributed by atoms with Crippen LogP contribution in [0.15, 0.2) is 23.5 Å². The van der Waals surface area contributed by atoms with Crippen molar-refractivity contribution in [1.29, 1.82) is 0 Å². The Hall–Kier alpha value is -2.51. The summed E-state index contributed by atoms with van der Waals surface area (Å²) in [4.78, 5) is 12.2. The summed E-state index contributed by atoms with van der Waals surface area (Å²) in [6.45, 7) is 4.59. The zero-order valence-corrected chi connectivity index (χ0v) is 10.6. The number of nitrogens with zero attached hydrogens (tertiary/aromatic N) is 6.